The van der Waals surface area contributed by atoms with E-state index in [0.717, 1.165) is 24.9 Å². The van der Waals surface area contributed by atoms with Gasteiger partial charge in [0.25, 0.3) is 5.91 Å². The first-order chi connectivity index (χ1) is 18.3. The number of aliphatic hydroxyl groups excluding tert-OH is 2. The molecular weight excluding hydrogens is 514 g/mol. The standard InChI is InChI=1S/C29H27ClF2N2O4/c1-33-28(37)17-10-16-15(11-20(35)27(16)36)26(32)24(17)23-18-13-29(22-8-5-9-34-22,14-6-3-2-4-7-14)38-21(18)12-19(31)25(23)30/h2-4,6-7,10,12,20,22,27,34-36H,5,8-9,11,13H2,1H3,(H,33,37)/t20-,22-,27+,29-/m0/s1. The van der Waals surface area contributed by atoms with Gasteiger partial charge in [-0.1, -0.05) is 41.9 Å². The van der Waals surface area contributed by atoms with Crippen LogP contribution in [-0.4, -0.2) is 41.9 Å². The van der Waals surface area contributed by atoms with Crippen molar-refractivity contribution >= 4 is 17.5 Å². The van der Waals surface area contributed by atoms with E-state index >= 15 is 8.78 Å². The van der Waals surface area contributed by atoms with Crippen LogP contribution in [0.3, 0.4) is 0 Å². The Hall–Kier alpha value is -3.04. The average Bonchev–Trinajstić information content (AvgIpc) is 3.65. The number of amides is 1. The average molecular weight is 541 g/mol. The summed E-state index contributed by atoms with van der Waals surface area (Å²) >= 11 is 6.57. The fraction of sp³-hybridized carbons (Fsp3) is 0.345. The molecule has 2 heterocycles. The molecule has 0 spiro atoms. The fourth-order valence-electron chi connectivity index (χ4n) is 6.29. The summed E-state index contributed by atoms with van der Waals surface area (Å²) in [7, 11) is 1.40. The van der Waals surface area contributed by atoms with Crippen molar-refractivity contribution in [3.8, 4) is 16.9 Å². The summed E-state index contributed by atoms with van der Waals surface area (Å²) in [4.78, 5) is 13.0. The Morgan fingerprint density at radius 1 is 1.16 bits per heavy atom. The van der Waals surface area contributed by atoms with Crippen LogP contribution < -0.4 is 15.4 Å². The zero-order chi connectivity index (χ0) is 26.8. The molecule has 9 heteroatoms. The van der Waals surface area contributed by atoms with Crippen LogP contribution in [0, 0.1) is 11.6 Å². The molecule has 4 N–H and O–H groups in total. The molecule has 1 aliphatic carbocycles. The monoisotopic (exact) mass is 540 g/mol. The van der Waals surface area contributed by atoms with Gasteiger partial charge in [-0.2, -0.15) is 0 Å². The van der Waals surface area contributed by atoms with Crippen LogP contribution in [0.15, 0.2) is 42.5 Å². The van der Waals surface area contributed by atoms with E-state index in [1.54, 1.807) is 0 Å². The number of fused-ring (bicyclic) bond motifs is 2. The van der Waals surface area contributed by atoms with Gasteiger partial charge in [-0.05, 0) is 42.1 Å². The maximum atomic E-state index is 16.3. The molecule has 0 unspecified atom stereocenters. The molecule has 198 valence electrons. The lowest BCUT2D eigenvalue weighted by Crippen LogP contribution is -2.48. The van der Waals surface area contributed by atoms with E-state index in [1.165, 1.54) is 19.2 Å². The quantitative estimate of drug-likeness (QED) is 0.399. The molecule has 4 atom stereocenters. The smallest absolute Gasteiger partial charge is 0.251 e. The van der Waals surface area contributed by atoms with E-state index in [2.05, 4.69) is 10.6 Å². The first-order valence-electron chi connectivity index (χ1n) is 12.7. The number of aliphatic hydroxyl groups is 2. The predicted molar refractivity (Wildman–Crippen MR) is 138 cm³/mol. The molecule has 0 saturated carbocycles. The SMILES string of the molecule is CNC(=O)c1cc2c(c(F)c1-c1c(Cl)c(F)cc3c1C[C@](c1ccccc1)([C@@H]1CCCN1)O3)C[C@H](O)[C@@H]2O. The molecule has 0 aromatic heterocycles. The molecule has 1 saturated heterocycles. The third kappa shape index (κ3) is 3.66. The number of rotatable bonds is 4. The Kier molecular flexibility index (Phi) is 6.18. The minimum Gasteiger partial charge on any atom is -0.480 e. The molecule has 2 aliphatic heterocycles. The van der Waals surface area contributed by atoms with Gasteiger partial charge in [0.05, 0.1) is 22.7 Å². The van der Waals surface area contributed by atoms with Crippen molar-refractivity contribution in [1.82, 2.24) is 10.6 Å². The number of carbonyl (C=O) groups is 1. The second-order valence-corrected chi connectivity index (χ2v) is 10.6. The van der Waals surface area contributed by atoms with Crippen LogP contribution in [0.1, 0.15) is 51.6 Å². The Balaban J connectivity index is 1.61. The third-order valence-electron chi connectivity index (χ3n) is 8.12. The first kappa shape index (κ1) is 25.2. The zero-order valence-corrected chi connectivity index (χ0v) is 21.4. The second-order valence-electron chi connectivity index (χ2n) is 10.2. The molecule has 6 rings (SSSR count). The molecule has 3 aliphatic rings. The number of hydrogen-bond acceptors (Lipinski definition) is 5. The Labute approximate surface area is 223 Å². The van der Waals surface area contributed by atoms with Gasteiger partial charge >= 0.3 is 0 Å². The van der Waals surface area contributed by atoms with Crippen molar-refractivity contribution in [3.63, 3.8) is 0 Å². The molecule has 0 radical (unpaired) electrons. The van der Waals surface area contributed by atoms with Crippen molar-refractivity contribution in [2.24, 2.45) is 0 Å². The highest BCUT2D eigenvalue weighted by Gasteiger charge is 2.50. The van der Waals surface area contributed by atoms with E-state index in [9.17, 15) is 15.0 Å². The van der Waals surface area contributed by atoms with Crippen molar-refractivity contribution in [1.29, 1.82) is 0 Å². The minimum atomic E-state index is -1.34. The van der Waals surface area contributed by atoms with Crippen molar-refractivity contribution in [2.75, 3.05) is 13.6 Å². The van der Waals surface area contributed by atoms with Gasteiger partial charge in [-0.15, -0.1) is 0 Å². The van der Waals surface area contributed by atoms with Crippen molar-refractivity contribution < 1.29 is 28.5 Å². The molecule has 6 nitrogen and oxygen atoms in total. The topological polar surface area (TPSA) is 90.8 Å². The second kappa shape index (κ2) is 9.31. The largest absolute Gasteiger partial charge is 0.480 e. The van der Waals surface area contributed by atoms with E-state index < -0.39 is 35.4 Å². The van der Waals surface area contributed by atoms with Crippen LogP contribution in [0.4, 0.5) is 8.78 Å². The minimum absolute atomic E-state index is 0.0484. The van der Waals surface area contributed by atoms with E-state index in [4.69, 9.17) is 16.3 Å². The van der Waals surface area contributed by atoms with E-state index in [-0.39, 0.29) is 57.5 Å². The Morgan fingerprint density at radius 2 is 1.92 bits per heavy atom. The number of halogens is 3. The molecule has 1 amide bonds. The molecule has 3 aromatic rings. The van der Waals surface area contributed by atoms with Gasteiger partial charge in [0, 0.05) is 42.6 Å². The van der Waals surface area contributed by atoms with Gasteiger partial charge in [-0.3, -0.25) is 4.79 Å². The Morgan fingerprint density at radius 3 is 2.61 bits per heavy atom. The number of nitrogens with one attached hydrogen (secondary N) is 2. The fourth-order valence-corrected chi connectivity index (χ4v) is 6.55. The van der Waals surface area contributed by atoms with E-state index in [1.807, 2.05) is 30.3 Å². The van der Waals surface area contributed by atoms with Crippen LogP contribution >= 0.6 is 11.6 Å². The van der Waals surface area contributed by atoms with Crippen LogP contribution in [0.25, 0.3) is 11.1 Å². The maximum Gasteiger partial charge on any atom is 0.251 e. The van der Waals surface area contributed by atoms with Crippen LogP contribution in [-0.2, 0) is 18.4 Å². The van der Waals surface area contributed by atoms with Gasteiger partial charge in [0.1, 0.15) is 23.5 Å². The highest BCUT2D eigenvalue weighted by Crippen LogP contribution is 2.53. The predicted octanol–water partition coefficient (Wildman–Crippen LogP) is 4.18. The highest BCUT2D eigenvalue weighted by atomic mass is 35.5. The molecular formula is C29H27ClF2N2O4. The number of benzene rings is 3. The van der Waals surface area contributed by atoms with Gasteiger partial charge < -0.3 is 25.6 Å². The summed E-state index contributed by atoms with van der Waals surface area (Å²) in [5, 5.41) is 26.3. The first-order valence-corrected chi connectivity index (χ1v) is 13.1. The van der Waals surface area contributed by atoms with Crippen LogP contribution in [0.5, 0.6) is 5.75 Å². The lowest BCUT2D eigenvalue weighted by atomic mass is 9.80. The summed E-state index contributed by atoms with van der Waals surface area (Å²) in [6, 6.07) is 12.1. The van der Waals surface area contributed by atoms with E-state index in [0.29, 0.717) is 5.56 Å². The van der Waals surface area contributed by atoms with Gasteiger partial charge in [0.15, 0.2) is 5.60 Å². The molecule has 38 heavy (non-hydrogen) atoms. The van der Waals surface area contributed by atoms with Crippen molar-refractivity contribution in [2.45, 2.75) is 49.5 Å². The summed E-state index contributed by atoms with van der Waals surface area (Å²) in [5.41, 5.74) is 0.479. The Bertz CT molecular complexity index is 1440. The number of ether oxygens (including phenoxy) is 1. The summed E-state index contributed by atoms with van der Waals surface area (Å²) < 4.78 is 38.3. The molecule has 1 fully saturated rings. The maximum absolute atomic E-state index is 16.3. The summed E-state index contributed by atoms with van der Waals surface area (Å²) in [5.74, 6) is -2.01. The molecule has 0 bridgehead atoms. The highest BCUT2D eigenvalue weighted by molar-refractivity contribution is 6.34. The zero-order valence-electron chi connectivity index (χ0n) is 20.7. The van der Waals surface area contributed by atoms with Crippen molar-refractivity contribution in [3.05, 3.63) is 86.9 Å². The van der Waals surface area contributed by atoms with Gasteiger partial charge in [-0.25, -0.2) is 8.78 Å². The lowest BCUT2D eigenvalue weighted by Gasteiger charge is -2.35. The lowest BCUT2D eigenvalue weighted by molar-refractivity contribution is 0.0325. The summed E-state index contributed by atoms with van der Waals surface area (Å²) in [6.07, 6.45) is -0.646. The number of hydrogen-bond donors (Lipinski definition) is 4. The normalized spacial score (nSPS) is 25.7. The van der Waals surface area contributed by atoms with Gasteiger partial charge in [0.2, 0.25) is 0 Å². The summed E-state index contributed by atoms with van der Waals surface area (Å²) in [6.45, 7) is 0.811. The molecule has 3 aromatic carbocycles. The van der Waals surface area contributed by atoms with Crippen LogP contribution in [0.2, 0.25) is 5.02 Å². The third-order valence-corrected chi connectivity index (χ3v) is 8.49. The number of carbonyl (C=O) groups excluding carboxylic acids is 1.